The maximum Gasteiger partial charge on any atom is 0.223 e. The van der Waals surface area contributed by atoms with Crippen molar-refractivity contribution in [2.75, 3.05) is 37.7 Å². The Morgan fingerprint density at radius 1 is 0.933 bits per heavy atom. The van der Waals surface area contributed by atoms with Crippen LogP contribution in [0.3, 0.4) is 0 Å². The molecule has 3 aromatic carbocycles. The Kier molecular flexibility index (Phi) is 4.95. The summed E-state index contributed by atoms with van der Waals surface area (Å²) in [6, 6.07) is 25.5. The highest BCUT2D eigenvalue weighted by Crippen LogP contribution is 2.39. The van der Waals surface area contributed by atoms with Crippen LogP contribution in [-0.4, -0.2) is 43.7 Å². The SMILES string of the molecule is C[C@H](c1ccccc1)N1C[C@@]2(COCCN(c3ccc4ccccc4c3)C2)CC1=O. The van der Waals surface area contributed by atoms with Crippen molar-refractivity contribution in [2.45, 2.75) is 19.4 Å². The summed E-state index contributed by atoms with van der Waals surface area (Å²) >= 11 is 0. The lowest BCUT2D eigenvalue weighted by molar-refractivity contribution is -0.129. The summed E-state index contributed by atoms with van der Waals surface area (Å²) in [7, 11) is 0. The average Bonchev–Trinajstić information content (AvgIpc) is 2.97. The molecule has 2 saturated heterocycles. The van der Waals surface area contributed by atoms with Crippen molar-refractivity contribution in [3.8, 4) is 0 Å². The van der Waals surface area contributed by atoms with Crippen LogP contribution in [0.2, 0.25) is 0 Å². The molecule has 2 aliphatic heterocycles. The highest BCUT2D eigenvalue weighted by atomic mass is 16.5. The van der Waals surface area contributed by atoms with Crippen LogP contribution in [0.1, 0.15) is 24.9 Å². The molecule has 1 spiro atoms. The molecule has 5 rings (SSSR count). The van der Waals surface area contributed by atoms with Crippen LogP contribution in [0, 0.1) is 5.41 Å². The second-order valence-electron chi connectivity index (χ2n) is 8.79. The van der Waals surface area contributed by atoms with Gasteiger partial charge in [-0.05, 0) is 35.4 Å². The Morgan fingerprint density at radius 3 is 2.53 bits per heavy atom. The number of fused-ring (bicyclic) bond motifs is 1. The summed E-state index contributed by atoms with van der Waals surface area (Å²) in [6.07, 6.45) is 0.550. The fourth-order valence-electron chi connectivity index (χ4n) is 4.98. The molecule has 4 heteroatoms. The number of rotatable bonds is 3. The maximum absolute atomic E-state index is 13.0. The van der Waals surface area contributed by atoms with Crippen LogP contribution in [0.15, 0.2) is 72.8 Å². The standard InChI is InChI=1S/C26H28N2O2/c1-20(21-7-3-2-4-8-21)28-18-26(16-25(28)29)17-27(13-14-30-19-26)24-12-11-22-9-5-6-10-23(22)15-24/h2-12,15,20H,13-14,16-19H2,1H3/t20-,26-/m1/s1. The first-order valence-corrected chi connectivity index (χ1v) is 10.8. The monoisotopic (exact) mass is 400 g/mol. The summed E-state index contributed by atoms with van der Waals surface area (Å²) in [5.41, 5.74) is 2.23. The number of ether oxygens (including phenoxy) is 1. The van der Waals surface area contributed by atoms with Gasteiger partial charge in [0.2, 0.25) is 5.91 Å². The van der Waals surface area contributed by atoms with Gasteiger partial charge in [-0.2, -0.15) is 0 Å². The number of nitrogens with zero attached hydrogens (tertiary/aromatic N) is 2. The minimum Gasteiger partial charge on any atom is -0.379 e. The molecule has 30 heavy (non-hydrogen) atoms. The Hall–Kier alpha value is -2.85. The van der Waals surface area contributed by atoms with Gasteiger partial charge in [0, 0.05) is 37.2 Å². The van der Waals surface area contributed by atoms with E-state index in [4.69, 9.17) is 4.74 Å². The molecule has 154 valence electrons. The number of hydrogen-bond acceptors (Lipinski definition) is 3. The normalized spacial score (nSPS) is 23.2. The summed E-state index contributed by atoms with van der Waals surface area (Å²) in [6.45, 7) is 5.90. The van der Waals surface area contributed by atoms with Gasteiger partial charge in [-0.3, -0.25) is 4.79 Å². The van der Waals surface area contributed by atoms with Crippen LogP contribution >= 0.6 is 0 Å². The third-order valence-electron chi connectivity index (χ3n) is 6.64. The van der Waals surface area contributed by atoms with E-state index in [9.17, 15) is 4.79 Å². The smallest absolute Gasteiger partial charge is 0.223 e. The first kappa shape index (κ1) is 19.1. The molecule has 0 saturated carbocycles. The summed E-state index contributed by atoms with van der Waals surface area (Å²) in [4.78, 5) is 17.5. The van der Waals surface area contributed by atoms with Crippen molar-refractivity contribution in [3.05, 3.63) is 78.4 Å². The zero-order valence-corrected chi connectivity index (χ0v) is 17.5. The van der Waals surface area contributed by atoms with Gasteiger partial charge < -0.3 is 14.5 Å². The van der Waals surface area contributed by atoms with Crippen molar-refractivity contribution in [1.82, 2.24) is 4.90 Å². The molecule has 0 aliphatic carbocycles. The topological polar surface area (TPSA) is 32.8 Å². The largest absolute Gasteiger partial charge is 0.379 e. The highest BCUT2D eigenvalue weighted by Gasteiger charge is 2.47. The second-order valence-corrected chi connectivity index (χ2v) is 8.79. The zero-order valence-electron chi connectivity index (χ0n) is 17.5. The number of likely N-dealkylation sites (tertiary alicyclic amines) is 1. The van der Waals surface area contributed by atoms with Crippen molar-refractivity contribution in [3.63, 3.8) is 0 Å². The second kappa shape index (κ2) is 7.77. The van der Waals surface area contributed by atoms with E-state index in [1.54, 1.807) is 0 Å². The molecule has 2 aliphatic rings. The van der Waals surface area contributed by atoms with Crippen LogP contribution in [0.5, 0.6) is 0 Å². The summed E-state index contributed by atoms with van der Waals surface area (Å²) in [5, 5.41) is 2.50. The third-order valence-corrected chi connectivity index (χ3v) is 6.64. The molecule has 0 N–H and O–H groups in total. The van der Waals surface area contributed by atoms with Crippen LogP contribution in [0.4, 0.5) is 5.69 Å². The minimum atomic E-state index is -0.164. The lowest BCUT2D eigenvalue weighted by Gasteiger charge is -2.34. The number of benzene rings is 3. The Morgan fingerprint density at radius 2 is 1.70 bits per heavy atom. The molecule has 4 nitrogen and oxygen atoms in total. The molecular formula is C26H28N2O2. The van der Waals surface area contributed by atoms with E-state index in [0.717, 1.165) is 19.6 Å². The van der Waals surface area contributed by atoms with E-state index >= 15 is 0 Å². The molecule has 0 bridgehead atoms. The van der Waals surface area contributed by atoms with E-state index in [1.165, 1.54) is 22.0 Å². The molecule has 1 amide bonds. The molecule has 3 aromatic rings. The molecule has 0 aromatic heterocycles. The van der Waals surface area contributed by atoms with E-state index in [0.29, 0.717) is 19.6 Å². The maximum atomic E-state index is 13.0. The van der Waals surface area contributed by atoms with E-state index in [1.807, 2.05) is 23.1 Å². The van der Waals surface area contributed by atoms with Crippen molar-refractivity contribution in [2.24, 2.45) is 5.41 Å². The van der Waals surface area contributed by atoms with Crippen molar-refractivity contribution < 1.29 is 9.53 Å². The van der Waals surface area contributed by atoms with Crippen LogP contribution < -0.4 is 4.90 Å². The quantitative estimate of drug-likeness (QED) is 0.641. The molecule has 2 atom stereocenters. The van der Waals surface area contributed by atoms with Gasteiger partial charge in [0.25, 0.3) is 0 Å². The van der Waals surface area contributed by atoms with Gasteiger partial charge in [-0.1, -0.05) is 60.7 Å². The number of anilines is 1. The van der Waals surface area contributed by atoms with Crippen LogP contribution in [0.25, 0.3) is 10.8 Å². The number of hydrogen-bond donors (Lipinski definition) is 0. The Balaban J connectivity index is 1.40. The lowest BCUT2D eigenvalue weighted by Crippen LogP contribution is -2.41. The third kappa shape index (κ3) is 3.56. The van der Waals surface area contributed by atoms with Gasteiger partial charge in [-0.25, -0.2) is 0 Å². The minimum absolute atomic E-state index is 0.0791. The van der Waals surface area contributed by atoms with E-state index < -0.39 is 0 Å². The first-order chi connectivity index (χ1) is 14.6. The molecule has 2 fully saturated rings. The predicted molar refractivity (Wildman–Crippen MR) is 121 cm³/mol. The number of carbonyl (C=O) groups is 1. The van der Waals surface area contributed by atoms with Gasteiger partial charge in [0.15, 0.2) is 0 Å². The fourth-order valence-corrected chi connectivity index (χ4v) is 4.98. The highest BCUT2D eigenvalue weighted by molar-refractivity contribution is 5.86. The Labute approximate surface area is 178 Å². The zero-order chi connectivity index (χ0) is 20.6. The number of carbonyl (C=O) groups excluding carboxylic acids is 1. The Bertz CT molecular complexity index is 1050. The lowest BCUT2D eigenvalue weighted by atomic mass is 9.87. The summed E-state index contributed by atoms with van der Waals surface area (Å²) in [5.74, 6) is 0.232. The van der Waals surface area contributed by atoms with Gasteiger partial charge in [0.1, 0.15) is 0 Å². The van der Waals surface area contributed by atoms with E-state index in [-0.39, 0.29) is 17.4 Å². The van der Waals surface area contributed by atoms with Gasteiger partial charge in [0.05, 0.1) is 19.3 Å². The van der Waals surface area contributed by atoms with Gasteiger partial charge >= 0.3 is 0 Å². The van der Waals surface area contributed by atoms with Gasteiger partial charge in [-0.15, -0.1) is 0 Å². The first-order valence-electron chi connectivity index (χ1n) is 10.8. The van der Waals surface area contributed by atoms with E-state index in [2.05, 4.69) is 66.4 Å². The predicted octanol–water partition coefficient (Wildman–Crippen LogP) is 4.66. The number of amides is 1. The molecular weight excluding hydrogens is 372 g/mol. The van der Waals surface area contributed by atoms with Crippen LogP contribution in [-0.2, 0) is 9.53 Å². The molecule has 0 unspecified atom stereocenters. The van der Waals surface area contributed by atoms with Crippen molar-refractivity contribution in [1.29, 1.82) is 0 Å². The molecule has 0 radical (unpaired) electrons. The summed E-state index contributed by atoms with van der Waals surface area (Å²) < 4.78 is 6.03. The molecule has 2 heterocycles. The fraction of sp³-hybridized carbons (Fsp3) is 0.346. The van der Waals surface area contributed by atoms with Crippen molar-refractivity contribution >= 4 is 22.4 Å². The average molecular weight is 401 g/mol.